The number of para-hydroxylation sites is 1. The number of hydrogen-bond acceptors (Lipinski definition) is 4. The molecule has 0 atom stereocenters. The molecule has 0 spiro atoms. The van der Waals surface area contributed by atoms with Crippen molar-refractivity contribution < 1.29 is 19.1 Å². The molecule has 5 nitrogen and oxygen atoms in total. The molecule has 0 radical (unpaired) electrons. The van der Waals surface area contributed by atoms with Gasteiger partial charge in [0.15, 0.2) is 13.2 Å². The molecule has 6 heteroatoms. The minimum atomic E-state index is -0.612. The van der Waals surface area contributed by atoms with Gasteiger partial charge >= 0.3 is 5.97 Å². The van der Waals surface area contributed by atoms with E-state index < -0.39 is 5.97 Å². The first kappa shape index (κ1) is 20.8. The number of carbonyl (C=O) groups excluding carboxylic acids is 2. The van der Waals surface area contributed by atoms with E-state index in [9.17, 15) is 9.59 Å². The molecule has 0 heterocycles. The topological polar surface area (TPSA) is 64.6 Å². The summed E-state index contributed by atoms with van der Waals surface area (Å²) in [4.78, 5) is 24.0. The summed E-state index contributed by atoms with van der Waals surface area (Å²) in [5.74, 6) is -0.404. The lowest BCUT2D eigenvalue weighted by molar-refractivity contribution is -0.149. The van der Waals surface area contributed by atoms with Gasteiger partial charge in [-0.05, 0) is 61.6 Å². The summed E-state index contributed by atoms with van der Waals surface area (Å²) >= 11 is 5.98. The Labute approximate surface area is 164 Å². The van der Waals surface area contributed by atoms with Crippen molar-refractivity contribution in [3.8, 4) is 5.75 Å². The highest BCUT2D eigenvalue weighted by Gasteiger charge is 2.13. The van der Waals surface area contributed by atoms with Crippen molar-refractivity contribution in [2.45, 2.75) is 34.1 Å². The van der Waals surface area contributed by atoms with Crippen molar-refractivity contribution in [2.75, 3.05) is 18.5 Å². The highest BCUT2D eigenvalue weighted by Crippen LogP contribution is 2.27. The molecule has 0 saturated carbocycles. The predicted octanol–water partition coefficient (Wildman–Crippen LogP) is 4.39. The van der Waals surface area contributed by atoms with Gasteiger partial charge in [0, 0.05) is 10.7 Å². The number of rotatable bonds is 7. The molecule has 0 bridgehead atoms. The van der Waals surface area contributed by atoms with Gasteiger partial charge in [-0.2, -0.15) is 0 Å². The second-order valence-electron chi connectivity index (χ2n) is 6.33. The third-order valence-corrected chi connectivity index (χ3v) is 4.35. The van der Waals surface area contributed by atoms with Gasteiger partial charge in [-0.3, -0.25) is 4.79 Å². The molecular weight excluding hydrogens is 366 g/mol. The van der Waals surface area contributed by atoms with Crippen molar-refractivity contribution >= 4 is 29.2 Å². The summed E-state index contributed by atoms with van der Waals surface area (Å²) < 4.78 is 10.5. The average molecular weight is 390 g/mol. The minimum absolute atomic E-state index is 0.277. The first-order valence-electron chi connectivity index (χ1n) is 8.75. The van der Waals surface area contributed by atoms with Gasteiger partial charge in [-0.25, -0.2) is 4.79 Å². The zero-order valence-electron chi connectivity index (χ0n) is 16.0. The van der Waals surface area contributed by atoms with Crippen LogP contribution in [0.15, 0.2) is 30.3 Å². The van der Waals surface area contributed by atoms with Crippen LogP contribution < -0.4 is 10.1 Å². The summed E-state index contributed by atoms with van der Waals surface area (Å²) in [6.07, 6.45) is 0.796. The second-order valence-corrected chi connectivity index (χ2v) is 6.77. The van der Waals surface area contributed by atoms with E-state index in [1.165, 1.54) is 0 Å². The summed E-state index contributed by atoms with van der Waals surface area (Å²) in [7, 11) is 0. The Kier molecular flexibility index (Phi) is 7.25. The van der Waals surface area contributed by atoms with E-state index in [0.29, 0.717) is 10.8 Å². The molecule has 0 fully saturated rings. The molecule has 2 aromatic carbocycles. The zero-order valence-corrected chi connectivity index (χ0v) is 16.8. The smallest absolute Gasteiger partial charge is 0.344 e. The summed E-state index contributed by atoms with van der Waals surface area (Å²) in [6, 6.07) is 9.35. The predicted molar refractivity (Wildman–Crippen MR) is 107 cm³/mol. The number of hydrogen-bond donors (Lipinski definition) is 1. The Morgan fingerprint density at radius 3 is 2.33 bits per heavy atom. The number of benzene rings is 2. The van der Waals surface area contributed by atoms with Crippen molar-refractivity contribution in [1.29, 1.82) is 0 Å². The quantitative estimate of drug-likeness (QED) is 0.713. The molecule has 0 aromatic heterocycles. The summed E-state index contributed by atoms with van der Waals surface area (Å²) in [6.45, 7) is 6.99. The zero-order chi connectivity index (χ0) is 20.0. The molecule has 0 unspecified atom stereocenters. The van der Waals surface area contributed by atoms with Crippen molar-refractivity contribution in [1.82, 2.24) is 0 Å². The highest BCUT2D eigenvalue weighted by molar-refractivity contribution is 6.30. The van der Waals surface area contributed by atoms with E-state index in [-0.39, 0.29) is 19.1 Å². The van der Waals surface area contributed by atoms with Gasteiger partial charge in [-0.1, -0.05) is 36.7 Å². The molecule has 1 N–H and O–H groups in total. The fraction of sp³-hybridized carbons (Fsp3) is 0.333. The third kappa shape index (κ3) is 5.73. The van der Waals surface area contributed by atoms with E-state index in [1.807, 2.05) is 45.9 Å². The largest absolute Gasteiger partial charge is 0.481 e. The van der Waals surface area contributed by atoms with Crippen LogP contribution in [-0.2, 0) is 20.7 Å². The number of halogens is 1. The molecule has 0 aliphatic rings. The maximum absolute atomic E-state index is 12.1. The standard InChI is InChI=1S/C21H24ClNO4/c1-5-16-8-6-7-13(2)20(16)23-18(24)11-26-19(25)12-27-21-14(3)9-17(22)10-15(21)4/h6-10H,5,11-12H2,1-4H3,(H,23,24). The van der Waals surface area contributed by atoms with Crippen LogP contribution in [0.2, 0.25) is 5.02 Å². The molecule has 2 rings (SSSR count). The van der Waals surface area contributed by atoms with Crippen LogP contribution in [0.1, 0.15) is 29.2 Å². The lowest BCUT2D eigenvalue weighted by atomic mass is 10.1. The number of amides is 1. The van der Waals surface area contributed by atoms with Gasteiger partial charge in [0.2, 0.25) is 0 Å². The normalized spacial score (nSPS) is 10.4. The number of ether oxygens (including phenoxy) is 2. The Morgan fingerprint density at radius 2 is 1.70 bits per heavy atom. The van der Waals surface area contributed by atoms with Crippen molar-refractivity contribution in [3.63, 3.8) is 0 Å². The first-order chi connectivity index (χ1) is 12.8. The number of nitrogens with one attached hydrogen (secondary N) is 1. The summed E-state index contributed by atoms with van der Waals surface area (Å²) in [5.41, 5.74) is 4.43. The van der Waals surface area contributed by atoms with Crippen LogP contribution in [0.3, 0.4) is 0 Å². The maximum atomic E-state index is 12.1. The summed E-state index contributed by atoms with van der Waals surface area (Å²) in [5, 5.41) is 3.42. The van der Waals surface area contributed by atoms with E-state index in [0.717, 1.165) is 34.4 Å². The van der Waals surface area contributed by atoms with Crippen molar-refractivity contribution in [3.05, 3.63) is 57.6 Å². The van der Waals surface area contributed by atoms with E-state index in [4.69, 9.17) is 21.1 Å². The van der Waals surface area contributed by atoms with Crippen LogP contribution in [0, 0.1) is 20.8 Å². The monoisotopic (exact) mass is 389 g/mol. The SMILES string of the molecule is CCc1cccc(C)c1NC(=O)COC(=O)COc1c(C)cc(Cl)cc1C. The molecular formula is C21H24ClNO4. The Hall–Kier alpha value is -2.53. The van der Waals surface area contributed by atoms with Gasteiger partial charge in [0.05, 0.1) is 0 Å². The van der Waals surface area contributed by atoms with Gasteiger partial charge in [-0.15, -0.1) is 0 Å². The number of carbonyl (C=O) groups is 2. The molecule has 0 aliphatic carbocycles. The minimum Gasteiger partial charge on any atom is -0.481 e. The van der Waals surface area contributed by atoms with Crippen LogP contribution in [-0.4, -0.2) is 25.1 Å². The Morgan fingerprint density at radius 1 is 1.04 bits per heavy atom. The molecule has 144 valence electrons. The second kappa shape index (κ2) is 9.42. The molecule has 27 heavy (non-hydrogen) atoms. The molecule has 0 aliphatic heterocycles. The lowest BCUT2D eigenvalue weighted by Gasteiger charge is -2.14. The van der Waals surface area contributed by atoms with E-state index in [1.54, 1.807) is 12.1 Å². The van der Waals surface area contributed by atoms with Crippen LogP contribution in [0.4, 0.5) is 5.69 Å². The average Bonchev–Trinajstić information content (AvgIpc) is 2.60. The molecule has 0 saturated heterocycles. The number of aryl methyl sites for hydroxylation is 4. The fourth-order valence-electron chi connectivity index (χ4n) is 2.82. The van der Waals surface area contributed by atoms with Crippen LogP contribution in [0.25, 0.3) is 0 Å². The molecule has 1 amide bonds. The van der Waals surface area contributed by atoms with Gasteiger partial charge in [0.1, 0.15) is 5.75 Å². The van der Waals surface area contributed by atoms with Crippen LogP contribution in [0.5, 0.6) is 5.75 Å². The van der Waals surface area contributed by atoms with Gasteiger partial charge in [0.25, 0.3) is 5.91 Å². The highest BCUT2D eigenvalue weighted by atomic mass is 35.5. The number of esters is 1. The maximum Gasteiger partial charge on any atom is 0.344 e. The molecule has 2 aromatic rings. The lowest BCUT2D eigenvalue weighted by Crippen LogP contribution is -2.24. The van der Waals surface area contributed by atoms with Gasteiger partial charge < -0.3 is 14.8 Å². The Balaban J connectivity index is 1.87. The van der Waals surface area contributed by atoms with E-state index in [2.05, 4.69) is 5.32 Å². The Bertz CT molecular complexity index is 825. The first-order valence-corrected chi connectivity index (χ1v) is 9.13. The number of anilines is 1. The van der Waals surface area contributed by atoms with Crippen LogP contribution >= 0.6 is 11.6 Å². The van der Waals surface area contributed by atoms with E-state index >= 15 is 0 Å². The third-order valence-electron chi connectivity index (χ3n) is 4.13. The van der Waals surface area contributed by atoms with Crippen molar-refractivity contribution in [2.24, 2.45) is 0 Å². The fourth-order valence-corrected chi connectivity index (χ4v) is 3.15.